The lowest BCUT2D eigenvalue weighted by Gasteiger charge is -2.16. The van der Waals surface area contributed by atoms with Crippen molar-refractivity contribution >= 4 is 11.9 Å². The van der Waals surface area contributed by atoms with Crippen LogP contribution in [0.1, 0.15) is 25.2 Å². The van der Waals surface area contributed by atoms with Crippen LogP contribution in [0.4, 0.5) is 10.6 Å². The van der Waals surface area contributed by atoms with Crippen molar-refractivity contribution in [1.29, 1.82) is 0 Å². The Morgan fingerprint density at radius 3 is 2.76 bits per heavy atom. The van der Waals surface area contributed by atoms with E-state index in [-0.39, 0.29) is 19.0 Å². The van der Waals surface area contributed by atoms with Crippen molar-refractivity contribution in [3.05, 3.63) is 47.7 Å². The molecule has 0 aliphatic carbocycles. The zero-order chi connectivity index (χ0) is 15.3. The zero-order valence-electron chi connectivity index (χ0n) is 12.0. The Bertz CT molecular complexity index is 593. The highest BCUT2D eigenvalue weighted by atomic mass is 16.5. The highest BCUT2D eigenvalue weighted by Gasteiger charge is 2.25. The lowest BCUT2D eigenvalue weighted by molar-refractivity contribution is 0.155. The molecule has 0 fully saturated rings. The molecule has 0 aliphatic heterocycles. The van der Waals surface area contributed by atoms with Crippen molar-refractivity contribution in [2.45, 2.75) is 25.9 Å². The standard InChI is InChI=1S/C15H18N2O4/c1-15(2,10-18)12-8-13(17-21-12)16-14(19)20-9-11-6-4-3-5-7-11/h3-8,18H,9-10H2,1-2H3,(H,16,17,19). The Kier molecular flexibility index (Phi) is 4.59. The van der Waals surface area contributed by atoms with E-state index in [0.29, 0.717) is 5.76 Å². The molecule has 2 aromatic rings. The number of carbonyl (C=O) groups is 1. The van der Waals surface area contributed by atoms with Crippen LogP contribution in [0.25, 0.3) is 0 Å². The minimum absolute atomic E-state index is 0.0832. The van der Waals surface area contributed by atoms with E-state index >= 15 is 0 Å². The number of nitrogens with zero attached hydrogens (tertiary/aromatic N) is 1. The van der Waals surface area contributed by atoms with Crippen LogP contribution in [0.5, 0.6) is 0 Å². The van der Waals surface area contributed by atoms with Crippen molar-refractivity contribution in [3.63, 3.8) is 0 Å². The number of hydrogen-bond donors (Lipinski definition) is 2. The summed E-state index contributed by atoms with van der Waals surface area (Å²) >= 11 is 0. The summed E-state index contributed by atoms with van der Waals surface area (Å²) in [4.78, 5) is 11.6. The van der Waals surface area contributed by atoms with Crippen LogP contribution >= 0.6 is 0 Å². The van der Waals surface area contributed by atoms with Crippen molar-refractivity contribution in [1.82, 2.24) is 5.16 Å². The Morgan fingerprint density at radius 2 is 2.10 bits per heavy atom. The SMILES string of the molecule is CC(C)(CO)c1cc(NC(=O)OCc2ccccc2)no1. The second-order valence-corrected chi connectivity index (χ2v) is 5.31. The average molecular weight is 290 g/mol. The van der Waals surface area contributed by atoms with Crippen LogP contribution in [0, 0.1) is 0 Å². The average Bonchev–Trinajstić information content (AvgIpc) is 2.95. The predicted molar refractivity (Wildman–Crippen MR) is 76.9 cm³/mol. The number of amides is 1. The maximum absolute atomic E-state index is 11.6. The number of ether oxygens (including phenoxy) is 1. The van der Waals surface area contributed by atoms with Crippen LogP contribution in [0.2, 0.25) is 0 Å². The van der Waals surface area contributed by atoms with Gasteiger partial charge in [-0.2, -0.15) is 0 Å². The number of hydrogen-bond acceptors (Lipinski definition) is 5. The van der Waals surface area contributed by atoms with Gasteiger partial charge in [-0.1, -0.05) is 49.3 Å². The van der Waals surface area contributed by atoms with Crippen molar-refractivity contribution in [3.8, 4) is 0 Å². The Balaban J connectivity index is 1.89. The minimum Gasteiger partial charge on any atom is -0.444 e. The molecule has 0 saturated carbocycles. The molecule has 112 valence electrons. The summed E-state index contributed by atoms with van der Waals surface area (Å²) in [6.07, 6.45) is -0.611. The summed E-state index contributed by atoms with van der Waals surface area (Å²) in [5.74, 6) is 0.743. The number of aromatic nitrogens is 1. The van der Waals surface area contributed by atoms with Gasteiger partial charge < -0.3 is 14.4 Å². The molecule has 1 aromatic heterocycles. The van der Waals surface area contributed by atoms with Gasteiger partial charge in [0.05, 0.1) is 6.61 Å². The van der Waals surface area contributed by atoms with E-state index in [1.54, 1.807) is 6.07 Å². The molecule has 6 nitrogen and oxygen atoms in total. The first-order valence-corrected chi connectivity index (χ1v) is 6.57. The highest BCUT2D eigenvalue weighted by molar-refractivity contribution is 5.83. The first-order chi connectivity index (χ1) is 10.0. The molecule has 1 aromatic carbocycles. The highest BCUT2D eigenvalue weighted by Crippen LogP contribution is 2.24. The molecule has 0 bridgehead atoms. The molecule has 21 heavy (non-hydrogen) atoms. The second-order valence-electron chi connectivity index (χ2n) is 5.31. The third-order valence-electron chi connectivity index (χ3n) is 3.02. The molecule has 1 amide bonds. The van der Waals surface area contributed by atoms with E-state index in [4.69, 9.17) is 9.26 Å². The van der Waals surface area contributed by atoms with Gasteiger partial charge in [-0.25, -0.2) is 4.79 Å². The lowest BCUT2D eigenvalue weighted by Crippen LogP contribution is -2.21. The smallest absolute Gasteiger partial charge is 0.413 e. The van der Waals surface area contributed by atoms with Crippen LogP contribution in [0.3, 0.4) is 0 Å². The molecule has 0 unspecified atom stereocenters. The van der Waals surface area contributed by atoms with Gasteiger partial charge in [-0.15, -0.1) is 0 Å². The van der Waals surface area contributed by atoms with Crippen molar-refractivity contribution in [2.24, 2.45) is 0 Å². The topological polar surface area (TPSA) is 84.6 Å². The van der Waals surface area contributed by atoms with Crippen LogP contribution in [-0.2, 0) is 16.8 Å². The quantitative estimate of drug-likeness (QED) is 0.884. The molecule has 1 heterocycles. The first-order valence-electron chi connectivity index (χ1n) is 6.57. The normalized spacial score (nSPS) is 11.2. The second kappa shape index (κ2) is 6.41. The zero-order valence-corrected chi connectivity index (χ0v) is 12.0. The largest absolute Gasteiger partial charge is 0.444 e. The molecular weight excluding hydrogens is 272 g/mol. The lowest BCUT2D eigenvalue weighted by atomic mass is 9.92. The van der Waals surface area contributed by atoms with E-state index in [9.17, 15) is 9.90 Å². The molecule has 0 radical (unpaired) electrons. The fourth-order valence-electron chi connectivity index (χ4n) is 1.59. The van der Waals surface area contributed by atoms with Gasteiger partial charge in [0.15, 0.2) is 5.82 Å². The Morgan fingerprint density at radius 1 is 1.38 bits per heavy atom. The Hall–Kier alpha value is -2.34. The number of aliphatic hydroxyl groups excluding tert-OH is 1. The van der Waals surface area contributed by atoms with E-state index < -0.39 is 11.5 Å². The molecule has 0 aliphatic rings. The predicted octanol–water partition coefficient (Wildman–Crippen LogP) is 2.69. The molecule has 0 saturated heterocycles. The molecule has 6 heteroatoms. The van der Waals surface area contributed by atoms with Crippen LogP contribution < -0.4 is 5.32 Å². The summed E-state index contributed by atoms with van der Waals surface area (Å²) in [5, 5.41) is 15.5. The van der Waals surface area contributed by atoms with E-state index in [2.05, 4.69) is 10.5 Å². The van der Waals surface area contributed by atoms with Crippen molar-refractivity contribution < 1.29 is 19.2 Å². The minimum atomic E-state index is -0.611. The molecular formula is C15H18N2O4. The van der Waals surface area contributed by atoms with E-state index in [1.165, 1.54) is 0 Å². The fraction of sp³-hybridized carbons (Fsp3) is 0.333. The van der Waals surface area contributed by atoms with Crippen LogP contribution in [0.15, 0.2) is 40.9 Å². The van der Waals surface area contributed by atoms with Gasteiger partial charge in [0.1, 0.15) is 12.4 Å². The monoisotopic (exact) mass is 290 g/mol. The van der Waals surface area contributed by atoms with Gasteiger partial charge in [0, 0.05) is 11.5 Å². The summed E-state index contributed by atoms with van der Waals surface area (Å²) in [5.41, 5.74) is 0.343. The van der Waals surface area contributed by atoms with Crippen LogP contribution in [-0.4, -0.2) is 23.0 Å². The van der Waals surface area contributed by atoms with Gasteiger partial charge >= 0.3 is 6.09 Å². The molecule has 2 rings (SSSR count). The number of nitrogens with one attached hydrogen (secondary N) is 1. The number of anilines is 1. The van der Waals surface area contributed by atoms with Gasteiger partial charge in [0.2, 0.25) is 0 Å². The molecule has 0 atom stereocenters. The number of rotatable bonds is 5. The van der Waals surface area contributed by atoms with Crippen molar-refractivity contribution in [2.75, 3.05) is 11.9 Å². The first kappa shape index (κ1) is 15.1. The number of carbonyl (C=O) groups excluding carboxylic acids is 1. The van der Waals surface area contributed by atoms with E-state index in [1.807, 2.05) is 44.2 Å². The van der Waals surface area contributed by atoms with E-state index in [0.717, 1.165) is 5.56 Å². The Labute approximate surface area is 122 Å². The third-order valence-corrected chi connectivity index (χ3v) is 3.02. The third kappa shape index (κ3) is 4.06. The van der Waals surface area contributed by atoms with Gasteiger partial charge in [0.25, 0.3) is 0 Å². The summed E-state index contributed by atoms with van der Waals surface area (Å²) in [6, 6.07) is 10.9. The molecule has 2 N–H and O–H groups in total. The maximum atomic E-state index is 11.6. The summed E-state index contributed by atoms with van der Waals surface area (Å²) in [7, 11) is 0. The fourth-order valence-corrected chi connectivity index (χ4v) is 1.59. The van der Waals surface area contributed by atoms with Gasteiger partial charge in [-0.3, -0.25) is 5.32 Å². The van der Waals surface area contributed by atoms with Gasteiger partial charge in [-0.05, 0) is 5.56 Å². The number of aliphatic hydroxyl groups is 1. The number of benzene rings is 1. The maximum Gasteiger partial charge on any atom is 0.413 e. The summed E-state index contributed by atoms with van der Waals surface area (Å²) in [6.45, 7) is 3.72. The summed E-state index contributed by atoms with van der Waals surface area (Å²) < 4.78 is 10.2. The molecule has 0 spiro atoms.